The second kappa shape index (κ2) is 8.99. The minimum Gasteiger partial charge on any atom is -0.344 e. The molecule has 0 radical (unpaired) electrons. The summed E-state index contributed by atoms with van der Waals surface area (Å²) < 4.78 is 0. The van der Waals surface area contributed by atoms with Crippen LogP contribution in [0.15, 0.2) is 12.2 Å². The molecule has 0 unspecified atom stereocenters. The van der Waals surface area contributed by atoms with Crippen LogP contribution in [0.2, 0.25) is 0 Å². The largest absolute Gasteiger partial charge is 0.344 e. The average molecular weight is 166 g/mol. The van der Waals surface area contributed by atoms with Gasteiger partial charge >= 0.3 is 0 Å². The van der Waals surface area contributed by atoms with Crippen LogP contribution in [0, 0.1) is 5.92 Å². The summed E-state index contributed by atoms with van der Waals surface area (Å²) in [5.41, 5.74) is 1.33. The van der Waals surface area contributed by atoms with Gasteiger partial charge in [0, 0.05) is 0 Å². The summed E-state index contributed by atoms with van der Waals surface area (Å²) in [5, 5.41) is 0. The number of allylic oxidation sites excluding steroid dienone is 1. The van der Waals surface area contributed by atoms with Gasteiger partial charge in [0.25, 0.3) is 0 Å². The lowest BCUT2D eigenvalue weighted by atomic mass is 9.97. The summed E-state index contributed by atoms with van der Waals surface area (Å²) in [6, 6.07) is 0. The molecule has 64 valence electrons. The van der Waals surface area contributed by atoms with Gasteiger partial charge in [-0.15, -0.1) is 12.4 Å². The lowest BCUT2D eigenvalue weighted by molar-refractivity contribution is 0.574. The van der Waals surface area contributed by atoms with Crippen LogP contribution in [-0.2, 0) is 0 Å². The highest BCUT2D eigenvalue weighted by atomic mass is 35.5. The Balaban J connectivity index is -0.000000245. The minimum atomic E-state index is 0. The number of rotatable bonds is 3. The zero-order valence-corrected chi connectivity index (χ0v) is 8.13. The minimum absolute atomic E-state index is 0. The van der Waals surface area contributed by atoms with Crippen LogP contribution in [0.3, 0.4) is 0 Å². The molecular weight excluding hydrogens is 146 g/mol. The van der Waals surface area contributed by atoms with Crippen molar-refractivity contribution >= 4 is 12.4 Å². The van der Waals surface area contributed by atoms with E-state index in [0.717, 1.165) is 5.92 Å². The van der Waals surface area contributed by atoms with Gasteiger partial charge in [-0.1, -0.05) is 26.0 Å². The molecule has 0 atom stereocenters. The van der Waals surface area contributed by atoms with E-state index in [1.54, 1.807) is 0 Å². The third-order valence-corrected chi connectivity index (χ3v) is 1.68. The molecule has 0 aromatic rings. The molecule has 0 saturated heterocycles. The Morgan fingerprint density at radius 2 is 1.60 bits per heavy atom. The SMILES string of the molecule is C=C(C)C(CC)CC.Cl.N. The molecule has 0 spiro atoms. The van der Waals surface area contributed by atoms with Crippen molar-refractivity contribution in [3.8, 4) is 0 Å². The third kappa shape index (κ3) is 6.12. The molecule has 0 aliphatic rings. The van der Waals surface area contributed by atoms with Crippen LogP contribution >= 0.6 is 12.4 Å². The first kappa shape index (κ1) is 16.5. The lowest BCUT2D eigenvalue weighted by Crippen LogP contribution is -1.95. The first-order chi connectivity index (χ1) is 3.72. The highest BCUT2D eigenvalue weighted by Gasteiger charge is 2.00. The third-order valence-electron chi connectivity index (χ3n) is 1.68. The van der Waals surface area contributed by atoms with Crippen molar-refractivity contribution in [1.82, 2.24) is 6.15 Å². The van der Waals surface area contributed by atoms with Crippen LogP contribution in [0.1, 0.15) is 33.6 Å². The number of hydrogen-bond acceptors (Lipinski definition) is 1. The molecule has 0 fully saturated rings. The normalized spacial score (nSPS) is 8.00. The van der Waals surface area contributed by atoms with Crippen LogP contribution in [0.5, 0.6) is 0 Å². The van der Waals surface area contributed by atoms with Gasteiger partial charge < -0.3 is 6.15 Å². The first-order valence-electron chi connectivity index (χ1n) is 3.37. The van der Waals surface area contributed by atoms with Gasteiger partial charge in [0.05, 0.1) is 0 Å². The molecule has 0 aromatic heterocycles. The van der Waals surface area contributed by atoms with Gasteiger partial charge in [-0.3, -0.25) is 0 Å². The van der Waals surface area contributed by atoms with Gasteiger partial charge in [0.1, 0.15) is 0 Å². The molecule has 0 heterocycles. The van der Waals surface area contributed by atoms with Crippen molar-refractivity contribution in [1.29, 1.82) is 0 Å². The lowest BCUT2D eigenvalue weighted by Gasteiger charge is -2.09. The fourth-order valence-corrected chi connectivity index (χ4v) is 0.986. The van der Waals surface area contributed by atoms with Crippen molar-refractivity contribution in [3.05, 3.63) is 12.2 Å². The van der Waals surface area contributed by atoms with E-state index in [2.05, 4.69) is 27.4 Å². The summed E-state index contributed by atoms with van der Waals surface area (Å²) in [7, 11) is 0. The Bertz CT molecular complexity index is 77.3. The Labute approximate surface area is 70.9 Å². The molecule has 1 nitrogen and oxygen atoms in total. The summed E-state index contributed by atoms with van der Waals surface area (Å²) in [6.07, 6.45) is 2.48. The van der Waals surface area contributed by atoms with Crippen LogP contribution in [-0.4, -0.2) is 0 Å². The van der Waals surface area contributed by atoms with Crippen LogP contribution < -0.4 is 6.15 Å². The predicted molar refractivity (Wildman–Crippen MR) is 51.2 cm³/mol. The van der Waals surface area contributed by atoms with E-state index >= 15 is 0 Å². The zero-order valence-electron chi connectivity index (χ0n) is 7.31. The molecule has 0 aliphatic heterocycles. The molecule has 0 saturated carbocycles. The van der Waals surface area contributed by atoms with E-state index in [9.17, 15) is 0 Å². The van der Waals surface area contributed by atoms with Gasteiger partial charge in [0.15, 0.2) is 0 Å². The van der Waals surface area contributed by atoms with Gasteiger partial charge in [-0.25, -0.2) is 0 Å². The monoisotopic (exact) mass is 165 g/mol. The highest BCUT2D eigenvalue weighted by molar-refractivity contribution is 5.85. The Kier molecular flexibility index (Phi) is 14.9. The van der Waals surface area contributed by atoms with Crippen molar-refractivity contribution in [2.45, 2.75) is 33.6 Å². The molecule has 2 heteroatoms. The van der Waals surface area contributed by atoms with Crippen molar-refractivity contribution < 1.29 is 0 Å². The Morgan fingerprint density at radius 1 is 1.30 bits per heavy atom. The second-order valence-corrected chi connectivity index (χ2v) is 2.36. The first-order valence-corrected chi connectivity index (χ1v) is 3.37. The van der Waals surface area contributed by atoms with Gasteiger partial charge in [-0.2, -0.15) is 0 Å². The molecule has 0 aliphatic carbocycles. The topological polar surface area (TPSA) is 35.0 Å². The fourth-order valence-electron chi connectivity index (χ4n) is 0.986. The Hall–Kier alpha value is -0.0100. The summed E-state index contributed by atoms with van der Waals surface area (Å²) in [4.78, 5) is 0. The molecule has 10 heavy (non-hydrogen) atoms. The highest BCUT2D eigenvalue weighted by Crippen LogP contribution is 2.15. The van der Waals surface area contributed by atoms with Gasteiger partial charge in [0.2, 0.25) is 0 Å². The van der Waals surface area contributed by atoms with Crippen LogP contribution in [0.25, 0.3) is 0 Å². The quantitative estimate of drug-likeness (QED) is 0.638. The molecule has 0 bridgehead atoms. The van der Waals surface area contributed by atoms with Gasteiger partial charge in [-0.05, 0) is 25.7 Å². The van der Waals surface area contributed by atoms with E-state index in [1.165, 1.54) is 18.4 Å². The molecular formula is C8H20ClN. The maximum Gasteiger partial charge on any atom is -0.0214 e. The number of halogens is 1. The summed E-state index contributed by atoms with van der Waals surface area (Å²) >= 11 is 0. The van der Waals surface area contributed by atoms with Crippen molar-refractivity contribution in [2.24, 2.45) is 5.92 Å². The van der Waals surface area contributed by atoms with Crippen molar-refractivity contribution in [2.75, 3.05) is 0 Å². The van der Waals surface area contributed by atoms with Crippen LogP contribution in [0.4, 0.5) is 0 Å². The Morgan fingerprint density at radius 3 is 1.60 bits per heavy atom. The van der Waals surface area contributed by atoms with E-state index < -0.39 is 0 Å². The average Bonchev–Trinajstić information content (AvgIpc) is 1.69. The standard InChI is InChI=1S/C8H16.ClH.H3N/c1-5-8(6-2)7(3)4;;/h8H,3,5-6H2,1-2,4H3;1H;1H3. The smallest absolute Gasteiger partial charge is 0.0214 e. The molecule has 3 N–H and O–H groups in total. The summed E-state index contributed by atoms with van der Waals surface area (Å²) in [5.74, 6) is 0.759. The maximum atomic E-state index is 3.90. The predicted octanol–water partition coefficient (Wildman–Crippen LogP) is 3.58. The molecule has 0 rings (SSSR count). The zero-order chi connectivity index (χ0) is 6.57. The van der Waals surface area contributed by atoms with E-state index in [4.69, 9.17) is 0 Å². The maximum absolute atomic E-state index is 3.90. The van der Waals surface area contributed by atoms with E-state index in [1.807, 2.05) is 0 Å². The number of hydrogen-bond donors (Lipinski definition) is 1. The van der Waals surface area contributed by atoms with E-state index in [-0.39, 0.29) is 18.6 Å². The molecule has 0 aromatic carbocycles. The summed E-state index contributed by atoms with van der Waals surface area (Å²) in [6.45, 7) is 10.4. The molecule has 0 amide bonds. The fraction of sp³-hybridized carbons (Fsp3) is 0.750. The van der Waals surface area contributed by atoms with Crippen molar-refractivity contribution in [3.63, 3.8) is 0 Å². The van der Waals surface area contributed by atoms with E-state index in [0.29, 0.717) is 0 Å². The second-order valence-electron chi connectivity index (χ2n) is 2.36.